The number of aliphatic hydroxyl groups is 1. The molecule has 1 heterocycles. The van der Waals surface area contributed by atoms with Crippen LogP contribution in [0, 0.1) is 11.7 Å². The first-order valence-electron chi connectivity index (χ1n) is 13.9. The van der Waals surface area contributed by atoms with Gasteiger partial charge in [0, 0.05) is 12.5 Å². The number of nitrogens with zero attached hydrogens (tertiary/aromatic N) is 1. The van der Waals surface area contributed by atoms with Gasteiger partial charge < -0.3 is 15.6 Å². The predicted molar refractivity (Wildman–Crippen MR) is 157 cm³/mol. The van der Waals surface area contributed by atoms with Crippen molar-refractivity contribution in [3.63, 3.8) is 0 Å². The highest BCUT2D eigenvalue weighted by molar-refractivity contribution is 7.91. The summed E-state index contributed by atoms with van der Waals surface area (Å²) in [6.45, 7) is 13.5. The molecule has 0 unspecified atom stereocenters. The van der Waals surface area contributed by atoms with Crippen molar-refractivity contribution in [3.05, 3.63) is 64.5 Å². The zero-order chi connectivity index (χ0) is 30.0. The molecule has 0 radical (unpaired) electrons. The summed E-state index contributed by atoms with van der Waals surface area (Å²) in [4.78, 5) is 14.8. The number of carbonyl (C=O) groups is 1. The number of carbonyl (C=O) groups excluding carboxylic acids is 1. The van der Waals surface area contributed by atoms with Crippen molar-refractivity contribution < 1.29 is 27.4 Å². The summed E-state index contributed by atoms with van der Waals surface area (Å²) in [5.41, 5.74) is 8.16. The Balaban J connectivity index is 1.99. The Bertz CT molecular complexity index is 1310. The van der Waals surface area contributed by atoms with Crippen LogP contribution in [-0.2, 0) is 39.4 Å². The van der Waals surface area contributed by atoms with E-state index in [1.807, 2.05) is 31.2 Å². The Hall–Kier alpha value is -2.65. The van der Waals surface area contributed by atoms with Crippen LogP contribution >= 0.6 is 0 Å². The molecule has 0 spiro atoms. The van der Waals surface area contributed by atoms with E-state index in [4.69, 9.17) is 10.5 Å². The number of anilines is 1. The lowest BCUT2D eigenvalue weighted by atomic mass is 9.86. The minimum absolute atomic E-state index is 0.0694. The van der Waals surface area contributed by atoms with Crippen LogP contribution in [0.3, 0.4) is 0 Å². The third kappa shape index (κ3) is 8.19. The van der Waals surface area contributed by atoms with Crippen LogP contribution in [0.4, 0.5) is 14.9 Å². The van der Waals surface area contributed by atoms with Crippen LogP contribution in [-0.4, -0.2) is 53.8 Å². The van der Waals surface area contributed by atoms with Gasteiger partial charge in [0.2, 0.25) is 0 Å². The molecule has 7 nitrogen and oxygen atoms in total. The van der Waals surface area contributed by atoms with E-state index in [2.05, 4.69) is 20.8 Å². The lowest BCUT2D eigenvalue weighted by Crippen LogP contribution is -2.58. The molecule has 0 aliphatic carbocycles. The first-order valence-corrected chi connectivity index (χ1v) is 15.8. The van der Waals surface area contributed by atoms with E-state index in [0.717, 1.165) is 17.5 Å². The van der Waals surface area contributed by atoms with Crippen LogP contribution in [0.25, 0.3) is 0 Å². The number of hydrogen-bond donors (Lipinski definition) is 2. The lowest BCUT2D eigenvalue weighted by Gasteiger charge is -2.41. The van der Waals surface area contributed by atoms with E-state index in [-0.39, 0.29) is 35.6 Å². The van der Waals surface area contributed by atoms with E-state index < -0.39 is 45.4 Å². The predicted octanol–water partition coefficient (Wildman–Crippen LogP) is 5.41. The average molecular weight is 577 g/mol. The van der Waals surface area contributed by atoms with Gasteiger partial charge in [-0.15, -0.1) is 0 Å². The number of aliphatic hydroxyl groups excluding tert-OH is 1. The van der Waals surface area contributed by atoms with Crippen molar-refractivity contribution >= 4 is 21.6 Å². The maximum absolute atomic E-state index is 14.6. The van der Waals surface area contributed by atoms with Gasteiger partial charge in [0.25, 0.3) is 0 Å². The molecule has 0 bridgehead atoms. The van der Waals surface area contributed by atoms with Crippen LogP contribution in [0.5, 0.6) is 0 Å². The van der Waals surface area contributed by atoms with Gasteiger partial charge in [-0.1, -0.05) is 64.4 Å². The zero-order valence-electron chi connectivity index (χ0n) is 24.8. The molecule has 1 aliphatic rings. The Morgan fingerprint density at radius 1 is 1.10 bits per heavy atom. The van der Waals surface area contributed by atoms with Crippen LogP contribution < -0.4 is 5.73 Å². The summed E-state index contributed by atoms with van der Waals surface area (Å²) in [7, 11) is -3.65. The Labute approximate surface area is 238 Å². The summed E-state index contributed by atoms with van der Waals surface area (Å²) < 4.78 is 46.6. The topological polar surface area (TPSA) is 110 Å². The molecule has 40 heavy (non-hydrogen) atoms. The van der Waals surface area contributed by atoms with Gasteiger partial charge in [-0.05, 0) is 67.3 Å². The molecule has 1 amide bonds. The quantitative estimate of drug-likeness (QED) is 0.427. The summed E-state index contributed by atoms with van der Waals surface area (Å²) in [6.07, 6.45) is -0.372. The fourth-order valence-corrected chi connectivity index (χ4v) is 7.23. The molecule has 9 heteroatoms. The van der Waals surface area contributed by atoms with Gasteiger partial charge in [-0.25, -0.2) is 17.6 Å². The van der Waals surface area contributed by atoms with Crippen molar-refractivity contribution in [3.8, 4) is 0 Å². The van der Waals surface area contributed by atoms with Gasteiger partial charge in [0.15, 0.2) is 9.84 Å². The molecule has 3 N–H and O–H groups in total. The van der Waals surface area contributed by atoms with Gasteiger partial charge >= 0.3 is 6.09 Å². The van der Waals surface area contributed by atoms with Crippen molar-refractivity contribution in [1.82, 2.24) is 4.90 Å². The van der Waals surface area contributed by atoms with Crippen molar-refractivity contribution in [2.45, 2.75) is 97.4 Å². The molecule has 3 atom stereocenters. The minimum Gasteiger partial charge on any atom is -0.444 e. The molecule has 222 valence electrons. The molecule has 0 aromatic heterocycles. The Morgan fingerprint density at radius 3 is 2.38 bits per heavy atom. The number of hydrogen-bond acceptors (Lipinski definition) is 6. The highest BCUT2D eigenvalue weighted by atomic mass is 32.2. The number of nitrogen functional groups attached to an aromatic ring is 1. The number of benzene rings is 2. The van der Waals surface area contributed by atoms with E-state index in [1.54, 1.807) is 26.8 Å². The molecule has 1 fully saturated rings. The second-order valence-electron chi connectivity index (χ2n) is 13.1. The molecule has 2 aromatic rings. The molecule has 3 rings (SSSR count). The Morgan fingerprint density at radius 2 is 1.77 bits per heavy atom. The fourth-order valence-electron chi connectivity index (χ4n) is 5.22. The standard InChI is InChI=1S/C31H45FN2O5S/c1-8-10-22-13-21(16-25(32)27(22)33)14-23-18-40(37,38)19-26(28(23)35)34(29(36)39-31(5,6)7)17-20-11-9-12-24(15-20)30(2,3)4/h9,11-13,15-16,23,26,28,35H,8,10,14,17-19,33H2,1-7H3/t23-,26+,28+/m1/s1. The first kappa shape index (κ1) is 31.9. The molecule has 1 saturated heterocycles. The van der Waals surface area contributed by atoms with Crippen molar-refractivity contribution in [2.24, 2.45) is 5.92 Å². The molecule has 1 aliphatic heterocycles. The third-order valence-electron chi connectivity index (χ3n) is 7.24. The van der Waals surface area contributed by atoms with Crippen LogP contribution in [0.15, 0.2) is 36.4 Å². The maximum atomic E-state index is 14.6. The van der Waals surface area contributed by atoms with Gasteiger partial charge in [0.05, 0.1) is 29.3 Å². The van der Waals surface area contributed by atoms with Gasteiger partial charge in [-0.2, -0.15) is 0 Å². The van der Waals surface area contributed by atoms with E-state index in [9.17, 15) is 22.7 Å². The number of amides is 1. The first-order chi connectivity index (χ1) is 18.4. The largest absolute Gasteiger partial charge is 0.444 e. The van der Waals surface area contributed by atoms with Crippen molar-refractivity contribution in [1.29, 1.82) is 0 Å². The third-order valence-corrected chi connectivity index (χ3v) is 9.02. The minimum atomic E-state index is -3.65. The van der Waals surface area contributed by atoms with Crippen LogP contribution in [0.2, 0.25) is 0 Å². The molecular weight excluding hydrogens is 531 g/mol. The van der Waals surface area contributed by atoms with E-state index in [0.29, 0.717) is 17.5 Å². The lowest BCUT2D eigenvalue weighted by molar-refractivity contribution is -0.0172. The van der Waals surface area contributed by atoms with Gasteiger partial charge in [-0.3, -0.25) is 4.90 Å². The van der Waals surface area contributed by atoms with E-state index >= 15 is 0 Å². The number of aryl methyl sites for hydroxylation is 1. The maximum Gasteiger partial charge on any atom is 0.410 e. The summed E-state index contributed by atoms with van der Waals surface area (Å²) in [6, 6.07) is 9.84. The number of ether oxygens (including phenoxy) is 1. The second-order valence-corrected chi connectivity index (χ2v) is 15.2. The van der Waals surface area contributed by atoms with Crippen LogP contribution in [0.1, 0.15) is 77.1 Å². The highest BCUT2D eigenvalue weighted by Crippen LogP contribution is 2.31. The summed E-state index contributed by atoms with van der Waals surface area (Å²) >= 11 is 0. The second kappa shape index (κ2) is 12.1. The molecule has 0 saturated carbocycles. The Kier molecular flexibility index (Phi) is 9.62. The average Bonchev–Trinajstić information content (AvgIpc) is 2.81. The van der Waals surface area contributed by atoms with Gasteiger partial charge in [0.1, 0.15) is 11.4 Å². The molecular formula is C31H45FN2O5S. The normalized spacial score (nSPS) is 21.2. The number of rotatable bonds is 7. The smallest absolute Gasteiger partial charge is 0.410 e. The van der Waals surface area contributed by atoms with E-state index in [1.165, 1.54) is 11.0 Å². The SMILES string of the molecule is CCCc1cc(C[C@@H]2CS(=O)(=O)C[C@H](N(Cc3cccc(C(C)(C)C)c3)C(=O)OC(C)(C)C)[C@H]2O)cc(F)c1N. The number of sulfone groups is 1. The number of nitrogens with two attached hydrogens (primary N) is 1. The summed E-state index contributed by atoms with van der Waals surface area (Å²) in [5.74, 6) is -1.95. The monoisotopic (exact) mass is 576 g/mol. The molecule has 2 aromatic carbocycles. The zero-order valence-corrected chi connectivity index (χ0v) is 25.6. The fraction of sp³-hybridized carbons (Fsp3) is 0.581. The highest BCUT2D eigenvalue weighted by Gasteiger charge is 2.45. The summed E-state index contributed by atoms with van der Waals surface area (Å²) in [5, 5.41) is 11.6. The number of halogens is 1. The van der Waals surface area contributed by atoms with Crippen molar-refractivity contribution in [2.75, 3.05) is 17.2 Å².